The standard InChI is InChI=1S/C11H15ClN2O2S/c1-8-7-17-10(13-8)11(14-9(15)6-12)2-4-16-5-3-11/h7H,2-6H2,1H3,(H,14,15). The Kier molecular flexibility index (Phi) is 4.01. The minimum atomic E-state index is -0.386. The van der Waals surface area contributed by atoms with E-state index in [0.717, 1.165) is 23.5 Å². The van der Waals surface area contributed by atoms with Crippen molar-refractivity contribution in [2.45, 2.75) is 25.3 Å². The molecule has 1 aromatic rings. The van der Waals surface area contributed by atoms with Gasteiger partial charge in [-0.15, -0.1) is 22.9 Å². The van der Waals surface area contributed by atoms with Gasteiger partial charge in [0.05, 0.1) is 5.54 Å². The zero-order valence-corrected chi connectivity index (χ0v) is 11.2. The lowest BCUT2D eigenvalue weighted by atomic mass is 9.90. The van der Waals surface area contributed by atoms with Crippen molar-refractivity contribution in [3.05, 3.63) is 16.1 Å². The van der Waals surface area contributed by atoms with Crippen LogP contribution in [0.5, 0.6) is 0 Å². The monoisotopic (exact) mass is 274 g/mol. The van der Waals surface area contributed by atoms with Crippen LogP contribution < -0.4 is 5.32 Å². The zero-order chi connectivity index (χ0) is 12.3. The van der Waals surface area contributed by atoms with Crippen molar-refractivity contribution < 1.29 is 9.53 Å². The first kappa shape index (κ1) is 12.8. The van der Waals surface area contributed by atoms with Crippen LogP contribution in [0.2, 0.25) is 0 Å². The number of nitrogens with zero attached hydrogens (tertiary/aromatic N) is 1. The fourth-order valence-electron chi connectivity index (χ4n) is 1.99. The van der Waals surface area contributed by atoms with E-state index in [1.165, 1.54) is 0 Å². The summed E-state index contributed by atoms with van der Waals surface area (Å²) in [5, 5.41) is 5.96. The molecule has 4 nitrogen and oxygen atoms in total. The molecular formula is C11H15ClN2O2S. The predicted molar refractivity (Wildman–Crippen MR) is 67.4 cm³/mol. The summed E-state index contributed by atoms with van der Waals surface area (Å²) in [6, 6.07) is 0. The number of amides is 1. The first-order valence-corrected chi connectivity index (χ1v) is 6.95. The summed E-state index contributed by atoms with van der Waals surface area (Å²) < 4.78 is 5.36. The number of carbonyl (C=O) groups excluding carboxylic acids is 1. The van der Waals surface area contributed by atoms with Crippen LogP contribution in [0.25, 0.3) is 0 Å². The number of halogens is 1. The number of aromatic nitrogens is 1. The lowest BCUT2D eigenvalue weighted by Gasteiger charge is -2.36. The Balaban J connectivity index is 2.25. The van der Waals surface area contributed by atoms with Gasteiger partial charge in [-0.05, 0) is 6.92 Å². The van der Waals surface area contributed by atoms with Crippen LogP contribution in [0.4, 0.5) is 0 Å². The molecule has 1 fully saturated rings. The highest BCUT2D eigenvalue weighted by Gasteiger charge is 2.38. The Labute approximate surface area is 109 Å². The van der Waals surface area contributed by atoms with Crippen LogP contribution in [0.1, 0.15) is 23.5 Å². The molecule has 0 saturated carbocycles. The number of hydrogen-bond donors (Lipinski definition) is 1. The van der Waals surface area contributed by atoms with Gasteiger partial charge in [-0.25, -0.2) is 4.98 Å². The topological polar surface area (TPSA) is 51.2 Å². The second-order valence-corrected chi connectivity index (χ2v) is 5.30. The number of hydrogen-bond acceptors (Lipinski definition) is 4. The number of carbonyl (C=O) groups is 1. The van der Waals surface area contributed by atoms with Gasteiger partial charge >= 0.3 is 0 Å². The average Bonchev–Trinajstić information content (AvgIpc) is 2.77. The van der Waals surface area contributed by atoms with Crippen molar-refractivity contribution in [2.24, 2.45) is 0 Å². The molecule has 94 valence electrons. The molecule has 0 radical (unpaired) electrons. The maximum Gasteiger partial charge on any atom is 0.235 e. The lowest BCUT2D eigenvalue weighted by molar-refractivity contribution is -0.122. The van der Waals surface area contributed by atoms with Gasteiger partial charge in [-0.2, -0.15) is 0 Å². The second-order valence-electron chi connectivity index (χ2n) is 4.17. The highest BCUT2D eigenvalue weighted by atomic mass is 35.5. The molecule has 0 aromatic carbocycles. The first-order chi connectivity index (χ1) is 8.16. The summed E-state index contributed by atoms with van der Waals surface area (Å²) in [4.78, 5) is 16.1. The fraction of sp³-hybridized carbons (Fsp3) is 0.636. The molecule has 0 atom stereocenters. The normalized spacial score (nSPS) is 18.9. The SMILES string of the molecule is Cc1csc(C2(NC(=O)CCl)CCOCC2)n1. The predicted octanol–water partition coefficient (Wildman–Crippen LogP) is 1.81. The maximum atomic E-state index is 11.6. The van der Waals surface area contributed by atoms with E-state index in [4.69, 9.17) is 16.3 Å². The molecule has 0 bridgehead atoms. The molecule has 1 aliphatic heterocycles. The lowest BCUT2D eigenvalue weighted by Crippen LogP contribution is -2.49. The summed E-state index contributed by atoms with van der Waals surface area (Å²) >= 11 is 7.15. The van der Waals surface area contributed by atoms with Crippen molar-refractivity contribution in [3.8, 4) is 0 Å². The van der Waals surface area contributed by atoms with Crippen LogP contribution >= 0.6 is 22.9 Å². The minimum absolute atomic E-state index is 0.0209. The third kappa shape index (κ3) is 2.78. The molecule has 1 N–H and O–H groups in total. The van der Waals surface area contributed by atoms with E-state index in [-0.39, 0.29) is 17.3 Å². The highest BCUT2D eigenvalue weighted by Crippen LogP contribution is 2.34. The fourth-order valence-corrected chi connectivity index (χ4v) is 3.07. The van der Waals surface area contributed by atoms with Crippen LogP contribution in [0, 0.1) is 6.92 Å². The molecule has 1 saturated heterocycles. The average molecular weight is 275 g/mol. The Morgan fingerprint density at radius 1 is 1.65 bits per heavy atom. The number of aryl methyl sites for hydroxylation is 1. The molecular weight excluding hydrogens is 260 g/mol. The number of alkyl halides is 1. The van der Waals surface area contributed by atoms with E-state index in [1.807, 2.05) is 12.3 Å². The molecule has 2 heterocycles. The number of thiazole rings is 1. The van der Waals surface area contributed by atoms with E-state index in [2.05, 4.69) is 10.3 Å². The molecule has 1 aromatic heterocycles. The third-order valence-electron chi connectivity index (χ3n) is 2.87. The maximum absolute atomic E-state index is 11.6. The Bertz CT molecular complexity index is 402. The highest BCUT2D eigenvalue weighted by molar-refractivity contribution is 7.09. The molecule has 17 heavy (non-hydrogen) atoms. The molecule has 0 spiro atoms. The second kappa shape index (κ2) is 5.33. The molecule has 1 amide bonds. The Hall–Kier alpha value is -0.650. The smallest absolute Gasteiger partial charge is 0.235 e. The van der Waals surface area contributed by atoms with Crippen molar-refractivity contribution in [3.63, 3.8) is 0 Å². The first-order valence-electron chi connectivity index (χ1n) is 5.54. The molecule has 1 aliphatic rings. The van der Waals surface area contributed by atoms with Gasteiger partial charge in [-0.3, -0.25) is 4.79 Å². The molecule has 0 unspecified atom stereocenters. The number of ether oxygens (including phenoxy) is 1. The quantitative estimate of drug-likeness (QED) is 0.856. The molecule has 2 rings (SSSR count). The minimum Gasteiger partial charge on any atom is -0.381 e. The van der Waals surface area contributed by atoms with Crippen molar-refractivity contribution in [2.75, 3.05) is 19.1 Å². The van der Waals surface area contributed by atoms with E-state index >= 15 is 0 Å². The largest absolute Gasteiger partial charge is 0.381 e. The Morgan fingerprint density at radius 2 is 2.35 bits per heavy atom. The summed E-state index contributed by atoms with van der Waals surface area (Å²) in [5.74, 6) is -0.172. The van der Waals surface area contributed by atoms with Gasteiger partial charge in [0, 0.05) is 37.1 Å². The van der Waals surface area contributed by atoms with Crippen molar-refractivity contribution in [1.82, 2.24) is 10.3 Å². The summed E-state index contributed by atoms with van der Waals surface area (Å²) in [7, 11) is 0. The van der Waals surface area contributed by atoms with Gasteiger partial charge < -0.3 is 10.1 Å². The van der Waals surface area contributed by atoms with E-state index < -0.39 is 0 Å². The van der Waals surface area contributed by atoms with Crippen molar-refractivity contribution in [1.29, 1.82) is 0 Å². The van der Waals surface area contributed by atoms with Crippen LogP contribution in [-0.4, -0.2) is 30.0 Å². The summed E-state index contributed by atoms with van der Waals surface area (Å²) in [5.41, 5.74) is 0.597. The van der Waals surface area contributed by atoms with Crippen LogP contribution in [0.15, 0.2) is 5.38 Å². The van der Waals surface area contributed by atoms with Gasteiger partial charge in [0.1, 0.15) is 10.9 Å². The van der Waals surface area contributed by atoms with Gasteiger partial charge in [-0.1, -0.05) is 0 Å². The van der Waals surface area contributed by atoms with E-state index in [1.54, 1.807) is 11.3 Å². The Morgan fingerprint density at radius 3 is 2.88 bits per heavy atom. The number of nitrogens with one attached hydrogen (secondary N) is 1. The summed E-state index contributed by atoms with van der Waals surface area (Å²) in [6.45, 7) is 3.23. The van der Waals surface area contributed by atoms with Crippen molar-refractivity contribution >= 4 is 28.8 Å². The molecule has 6 heteroatoms. The summed E-state index contributed by atoms with van der Waals surface area (Å²) in [6.07, 6.45) is 1.51. The number of rotatable bonds is 3. The van der Waals surface area contributed by atoms with E-state index in [0.29, 0.717) is 13.2 Å². The van der Waals surface area contributed by atoms with E-state index in [9.17, 15) is 4.79 Å². The molecule has 0 aliphatic carbocycles. The van der Waals surface area contributed by atoms with Gasteiger partial charge in [0.25, 0.3) is 0 Å². The van der Waals surface area contributed by atoms with Crippen LogP contribution in [-0.2, 0) is 15.1 Å². The van der Waals surface area contributed by atoms with Gasteiger partial charge in [0.15, 0.2) is 0 Å². The third-order valence-corrected chi connectivity index (χ3v) is 4.28. The van der Waals surface area contributed by atoms with Gasteiger partial charge in [0.2, 0.25) is 5.91 Å². The van der Waals surface area contributed by atoms with Crippen LogP contribution in [0.3, 0.4) is 0 Å². The zero-order valence-electron chi connectivity index (χ0n) is 9.66.